The van der Waals surface area contributed by atoms with Gasteiger partial charge in [0, 0.05) is 32.7 Å². The summed E-state index contributed by atoms with van der Waals surface area (Å²) in [5, 5.41) is 15.7. The molecule has 2 N–H and O–H groups in total. The highest BCUT2D eigenvalue weighted by molar-refractivity contribution is 5.79. The minimum Gasteiger partial charge on any atom is -0.354 e. The first kappa shape index (κ1) is 18.3. The Balaban J connectivity index is 1.73. The SMILES string of the molecule is CCCCN1CCC(NC(=NC)NCc2ccc(C#N)cc2)CC1. The molecule has 1 aromatic rings. The van der Waals surface area contributed by atoms with Crippen LogP contribution in [0.4, 0.5) is 0 Å². The first-order valence-electron chi connectivity index (χ1n) is 8.93. The van der Waals surface area contributed by atoms with E-state index in [0.29, 0.717) is 18.2 Å². The maximum atomic E-state index is 8.84. The topological polar surface area (TPSA) is 63.4 Å². The molecule has 0 unspecified atom stereocenters. The van der Waals surface area contributed by atoms with E-state index in [1.54, 1.807) is 0 Å². The quantitative estimate of drug-likeness (QED) is 0.622. The van der Waals surface area contributed by atoms with Crippen LogP contribution < -0.4 is 10.6 Å². The fourth-order valence-electron chi connectivity index (χ4n) is 2.95. The first-order chi connectivity index (χ1) is 11.7. The average Bonchev–Trinajstić information content (AvgIpc) is 2.64. The number of nitrogens with one attached hydrogen (secondary N) is 2. The van der Waals surface area contributed by atoms with Crippen LogP contribution >= 0.6 is 0 Å². The summed E-state index contributed by atoms with van der Waals surface area (Å²) in [6.45, 7) is 6.53. The van der Waals surface area contributed by atoms with Crippen molar-refractivity contribution in [3.63, 3.8) is 0 Å². The molecular weight excluding hydrogens is 298 g/mol. The van der Waals surface area contributed by atoms with E-state index in [-0.39, 0.29) is 0 Å². The summed E-state index contributed by atoms with van der Waals surface area (Å²) in [4.78, 5) is 6.89. The fraction of sp³-hybridized carbons (Fsp3) is 0.579. The Morgan fingerprint density at radius 3 is 2.58 bits per heavy atom. The predicted molar refractivity (Wildman–Crippen MR) is 98.9 cm³/mol. The third-order valence-corrected chi connectivity index (χ3v) is 4.52. The number of rotatable bonds is 6. The van der Waals surface area contributed by atoms with Crippen LogP contribution in [-0.2, 0) is 6.54 Å². The molecule has 0 aromatic heterocycles. The molecule has 0 amide bonds. The summed E-state index contributed by atoms with van der Waals surface area (Å²) >= 11 is 0. The first-order valence-corrected chi connectivity index (χ1v) is 8.93. The second kappa shape index (κ2) is 9.94. The van der Waals surface area contributed by atoms with Crippen molar-refractivity contribution in [3.8, 4) is 6.07 Å². The van der Waals surface area contributed by atoms with Crippen molar-refractivity contribution < 1.29 is 0 Å². The lowest BCUT2D eigenvalue weighted by atomic mass is 10.0. The summed E-state index contributed by atoms with van der Waals surface area (Å²) in [7, 11) is 1.81. The Morgan fingerprint density at radius 1 is 1.29 bits per heavy atom. The van der Waals surface area contributed by atoms with Crippen LogP contribution in [0.3, 0.4) is 0 Å². The van der Waals surface area contributed by atoms with E-state index in [2.05, 4.69) is 33.5 Å². The summed E-state index contributed by atoms with van der Waals surface area (Å²) in [6.07, 6.45) is 4.90. The van der Waals surface area contributed by atoms with E-state index in [0.717, 1.165) is 11.5 Å². The van der Waals surface area contributed by atoms with Gasteiger partial charge in [-0.2, -0.15) is 5.26 Å². The van der Waals surface area contributed by atoms with Crippen LogP contribution in [0.15, 0.2) is 29.3 Å². The Morgan fingerprint density at radius 2 is 2.00 bits per heavy atom. The van der Waals surface area contributed by atoms with Crippen LogP contribution in [0.25, 0.3) is 0 Å². The van der Waals surface area contributed by atoms with Gasteiger partial charge < -0.3 is 15.5 Å². The Bertz CT molecular complexity index is 550. The molecule has 0 bridgehead atoms. The number of unbranched alkanes of at least 4 members (excludes halogenated alkanes) is 1. The number of piperidine rings is 1. The average molecular weight is 327 g/mol. The maximum Gasteiger partial charge on any atom is 0.191 e. The van der Waals surface area contributed by atoms with Gasteiger partial charge in [0.2, 0.25) is 0 Å². The van der Waals surface area contributed by atoms with E-state index in [4.69, 9.17) is 5.26 Å². The Kier molecular flexibility index (Phi) is 7.57. The van der Waals surface area contributed by atoms with Gasteiger partial charge in [0.25, 0.3) is 0 Å². The molecule has 0 aliphatic carbocycles. The standard InChI is InChI=1S/C19H29N5/c1-3-4-11-24-12-9-18(10-13-24)23-19(21-2)22-15-17-7-5-16(14-20)6-8-17/h5-8,18H,3-4,9-13,15H2,1-2H3,(H2,21,22,23). The normalized spacial score (nSPS) is 16.6. The van der Waals surface area contributed by atoms with Crippen LogP contribution in [0.2, 0.25) is 0 Å². The molecule has 24 heavy (non-hydrogen) atoms. The third kappa shape index (κ3) is 5.86. The van der Waals surface area contributed by atoms with Crippen LogP contribution in [-0.4, -0.2) is 43.6 Å². The summed E-state index contributed by atoms with van der Waals surface area (Å²) in [5.41, 5.74) is 1.84. The minimum atomic E-state index is 0.495. The molecular formula is C19H29N5. The van der Waals surface area contributed by atoms with Crippen molar-refractivity contribution in [2.24, 2.45) is 4.99 Å². The summed E-state index contributed by atoms with van der Waals surface area (Å²) in [6, 6.07) is 10.3. The third-order valence-electron chi connectivity index (χ3n) is 4.52. The number of hydrogen-bond acceptors (Lipinski definition) is 3. The van der Waals surface area contributed by atoms with Gasteiger partial charge >= 0.3 is 0 Å². The lowest BCUT2D eigenvalue weighted by Crippen LogP contribution is -2.48. The number of nitrogens with zero attached hydrogens (tertiary/aromatic N) is 3. The second-order valence-electron chi connectivity index (χ2n) is 6.35. The largest absolute Gasteiger partial charge is 0.354 e. The van der Waals surface area contributed by atoms with Crippen molar-refractivity contribution in [1.29, 1.82) is 5.26 Å². The van der Waals surface area contributed by atoms with E-state index in [9.17, 15) is 0 Å². The lowest BCUT2D eigenvalue weighted by Gasteiger charge is -2.33. The van der Waals surface area contributed by atoms with E-state index >= 15 is 0 Å². The Labute approximate surface area is 145 Å². The zero-order valence-electron chi connectivity index (χ0n) is 14.9. The van der Waals surface area contributed by atoms with E-state index in [1.165, 1.54) is 45.3 Å². The molecule has 0 atom stereocenters. The maximum absolute atomic E-state index is 8.84. The molecule has 1 fully saturated rings. The molecule has 1 aliphatic heterocycles. The van der Waals surface area contributed by atoms with Gasteiger partial charge in [-0.25, -0.2) is 0 Å². The van der Waals surface area contributed by atoms with Gasteiger partial charge in [-0.05, 0) is 43.5 Å². The molecule has 5 nitrogen and oxygen atoms in total. The number of guanidine groups is 1. The van der Waals surface area contributed by atoms with Gasteiger partial charge in [0.15, 0.2) is 5.96 Å². The van der Waals surface area contributed by atoms with Crippen molar-refractivity contribution in [3.05, 3.63) is 35.4 Å². The number of nitriles is 1. The predicted octanol–water partition coefficient (Wildman–Crippen LogP) is 2.49. The zero-order valence-corrected chi connectivity index (χ0v) is 14.9. The Hall–Kier alpha value is -2.06. The van der Waals surface area contributed by atoms with Gasteiger partial charge in [0.1, 0.15) is 0 Å². The monoisotopic (exact) mass is 327 g/mol. The smallest absolute Gasteiger partial charge is 0.191 e. The number of likely N-dealkylation sites (tertiary alicyclic amines) is 1. The molecule has 0 saturated carbocycles. The van der Waals surface area contributed by atoms with Crippen molar-refractivity contribution >= 4 is 5.96 Å². The fourth-order valence-corrected chi connectivity index (χ4v) is 2.95. The van der Waals surface area contributed by atoms with Crippen LogP contribution in [0, 0.1) is 11.3 Å². The van der Waals surface area contributed by atoms with Gasteiger partial charge in [0.05, 0.1) is 11.6 Å². The molecule has 2 rings (SSSR count). The highest BCUT2D eigenvalue weighted by atomic mass is 15.2. The number of hydrogen-bond donors (Lipinski definition) is 2. The molecule has 130 valence electrons. The van der Waals surface area contributed by atoms with E-state index in [1.807, 2.05) is 31.3 Å². The highest BCUT2D eigenvalue weighted by Crippen LogP contribution is 2.11. The lowest BCUT2D eigenvalue weighted by molar-refractivity contribution is 0.203. The van der Waals surface area contributed by atoms with Crippen molar-refractivity contribution in [1.82, 2.24) is 15.5 Å². The van der Waals surface area contributed by atoms with Gasteiger partial charge in [-0.15, -0.1) is 0 Å². The molecule has 0 spiro atoms. The summed E-state index contributed by atoms with van der Waals surface area (Å²) < 4.78 is 0. The van der Waals surface area contributed by atoms with E-state index < -0.39 is 0 Å². The number of aliphatic imine (C=N–C) groups is 1. The molecule has 1 aliphatic rings. The minimum absolute atomic E-state index is 0.495. The number of benzene rings is 1. The summed E-state index contributed by atoms with van der Waals surface area (Å²) in [5.74, 6) is 0.853. The van der Waals surface area contributed by atoms with Gasteiger partial charge in [-0.3, -0.25) is 4.99 Å². The zero-order chi connectivity index (χ0) is 17.2. The van der Waals surface area contributed by atoms with Crippen molar-refractivity contribution in [2.75, 3.05) is 26.7 Å². The van der Waals surface area contributed by atoms with Crippen LogP contribution in [0.1, 0.15) is 43.7 Å². The van der Waals surface area contributed by atoms with Crippen LogP contribution in [0.5, 0.6) is 0 Å². The molecule has 1 saturated heterocycles. The molecule has 1 aromatic carbocycles. The molecule has 1 heterocycles. The van der Waals surface area contributed by atoms with Crippen molar-refractivity contribution in [2.45, 2.75) is 45.2 Å². The van der Waals surface area contributed by atoms with Gasteiger partial charge in [-0.1, -0.05) is 25.5 Å². The molecule has 0 radical (unpaired) electrons. The second-order valence-corrected chi connectivity index (χ2v) is 6.35. The molecule has 5 heteroatoms. The highest BCUT2D eigenvalue weighted by Gasteiger charge is 2.19.